The van der Waals surface area contributed by atoms with E-state index >= 15 is 0 Å². The molecule has 0 unspecified atom stereocenters. The molecule has 3 heterocycles. The minimum atomic E-state index is -2.05. The highest BCUT2D eigenvalue weighted by Gasteiger charge is 2.53. The topological polar surface area (TPSA) is 329 Å². The van der Waals surface area contributed by atoms with Crippen LogP contribution in [0, 0.1) is 0 Å². The van der Waals surface area contributed by atoms with Gasteiger partial charge in [-0.25, -0.2) is 0 Å². The SMILES string of the molecule is OC[C@H](O)[C@H]1O[C@H](OC[C@H](O)[C@H]2O[C@H](O[C@H]3[C@H](O)[C@@H]([C@@H](O)CO)O[C@@H](O)[C@H]3O)[C@@H](O)[C@@H](O)[C@@H]2O)[C@@H](O)[C@@H](O)[C@@H]1O. The molecule has 3 saturated heterocycles. The first kappa shape index (κ1) is 33.7. The van der Waals surface area contributed by atoms with Gasteiger partial charge < -0.3 is 95.2 Å². The first-order valence-corrected chi connectivity index (χ1v) is 12.4. The van der Waals surface area contributed by atoms with E-state index in [2.05, 4.69) is 0 Å². The van der Waals surface area contributed by atoms with Gasteiger partial charge in [0.05, 0.1) is 19.8 Å². The van der Waals surface area contributed by atoms with Gasteiger partial charge in [-0.1, -0.05) is 0 Å². The lowest BCUT2D eigenvalue weighted by atomic mass is 9.93. The summed E-state index contributed by atoms with van der Waals surface area (Å²) < 4.78 is 26.0. The molecular formula is C21H38O19. The van der Waals surface area contributed by atoms with Crippen molar-refractivity contribution in [2.24, 2.45) is 0 Å². The van der Waals surface area contributed by atoms with Crippen LogP contribution in [0.3, 0.4) is 0 Å². The van der Waals surface area contributed by atoms with Gasteiger partial charge in [0, 0.05) is 0 Å². The van der Waals surface area contributed by atoms with E-state index in [0.29, 0.717) is 0 Å². The Balaban J connectivity index is 1.69. The second kappa shape index (κ2) is 14.1. The fourth-order valence-electron chi connectivity index (χ4n) is 4.64. The van der Waals surface area contributed by atoms with Crippen LogP contribution in [-0.4, -0.2) is 202 Å². The van der Waals surface area contributed by atoms with Crippen molar-refractivity contribution < 1.29 is 95.2 Å². The van der Waals surface area contributed by atoms with Crippen molar-refractivity contribution in [3.8, 4) is 0 Å². The minimum absolute atomic E-state index is 0.851. The zero-order valence-electron chi connectivity index (χ0n) is 20.8. The fourth-order valence-corrected chi connectivity index (χ4v) is 4.64. The number of aliphatic hydroxyl groups is 14. The third-order valence-electron chi connectivity index (χ3n) is 7.05. The number of hydrogen-bond donors (Lipinski definition) is 14. The van der Waals surface area contributed by atoms with Crippen molar-refractivity contribution in [3.05, 3.63) is 0 Å². The molecule has 19 heteroatoms. The molecular weight excluding hydrogens is 556 g/mol. The second-order valence-electron chi connectivity index (χ2n) is 9.86. The fraction of sp³-hybridized carbons (Fsp3) is 1.00. The molecule has 0 aromatic rings. The molecule has 0 aromatic heterocycles. The van der Waals surface area contributed by atoms with Gasteiger partial charge in [-0.15, -0.1) is 0 Å². The first-order chi connectivity index (χ1) is 18.7. The summed E-state index contributed by atoms with van der Waals surface area (Å²) in [5.74, 6) is 0. The summed E-state index contributed by atoms with van der Waals surface area (Å²) in [6.07, 6.45) is -33.6. The summed E-state index contributed by atoms with van der Waals surface area (Å²) in [6.45, 7) is -2.64. The van der Waals surface area contributed by atoms with Gasteiger partial charge in [0.1, 0.15) is 91.6 Å². The van der Waals surface area contributed by atoms with E-state index < -0.39 is 130 Å². The highest BCUT2D eigenvalue weighted by molar-refractivity contribution is 4.97. The normalized spacial score (nSPS) is 48.9. The molecule has 0 aliphatic carbocycles. The highest BCUT2D eigenvalue weighted by atomic mass is 16.7. The van der Waals surface area contributed by atoms with Gasteiger partial charge in [0.2, 0.25) is 0 Å². The van der Waals surface area contributed by atoms with Gasteiger partial charge in [-0.3, -0.25) is 0 Å². The van der Waals surface area contributed by atoms with Crippen molar-refractivity contribution >= 4 is 0 Å². The molecule has 3 aliphatic rings. The van der Waals surface area contributed by atoms with Crippen molar-refractivity contribution in [1.29, 1.82) is 0 Å². The quantitative estimate of drug-likeness (QED) is 0.112. The zero-order valence-corrected chi connectivity index (χ0v) is 20.8. The van der Waals surface area contributed by atoms with Crippen LogP contribution in [0.25, 0.3) is 0 Å². The molecule has 18 atom stereocenters. The van der Waals surface area contributed by atoms with Crippen molar-refractivity contribution in [2.45, 2.75) is 110 Å². The van der Waals surface area contributed by atoms with E-state index in [0.717, 1.165) is 0 Å². The van der Waals surface area contributed by atoms with Crippen molar-refractivity contribution in [1.82, 2.24) is 0 Å². The molecule has 0 bridgehead atoms. The Morgan fingerprint density at radius 1 is 0.500 bits per heavy atom. The molecule has 236 valence electrons. The Labute approximate surface area is 226 Å². The standard InChI is InChI=1S/C21H38O19/c22-1-4(24)15-9(29)7(27)11(31)20(38-15)36-3-6(26)17-10(30)8(28)12(32)21(39-17)40-18-13(33)16(5(25)2-23)37-19(35)14(18)34/h4-35H,1-3H2/t4-,5-,6-,7-,8-,9-,10-,11-,12-,13+,14-,15+,16+,17+,18-,19+,20-,21+/m0/s1. The summed E-state index contributed by atoms with van der Waals surface area (Å²) in [7, 11) is 0. The largest absolute Gasteiger partial charge is 0.394 e. The van der Waals surface area contributed by atoms with Crippen LogP contribution >= 0.6 is 0 Å². The van der Waals surface area contributed by atoms with Crippen LogP contribution in [0.15, 0.2) is 0 Å². The Bertz CT molecular complexity index is 778. The van der Waals surface area contributed by atoms with Crippen LogP contribution < -0.4 is 0 Å². The van der Waals surface area contributed by atoms with Gasteiger partial charge in [0.25, 0.3) is 0 Å². The van der Waals surface area contributed by atoms with E-state index in [9.17, 15) is 61.3 Å². The summed E-state index contributed by atoms with van der Waals surface area (Å²) in [5.41, 5.74) is 0. The van der Waals surface area contributed by atoms with Gasteiger partial charge >= 0.3 is 0 Å². The number of rotatable bonds is 10. The van der Waals surface area contributed by atoms with E-state index in [1.165, 1.54) is 0 Å². The molecule has 0 saturated carbocycles. The molecule has 40 heavy (non-hydrogen) atoms. The summed E-state index contributed by atoms with van der Waals surface area (Å²) in [6, 6.07) is 0. The van der Waals surface area contributed by atoms with Gasteiger partial charge in [0.15, 0.2) is 18.9 Å². The number of hydrogen-bond acceptors (Lipinski definition) is 19. The molecule has 14 N–H and O–H groups in total. The lowest BCUT2D eigenvalue weighted by Crippen LogP contribution is -2.66. The smallest absolute Gasteiger partial charge is 0.187 e. The minimum Gasteiger partial charge on any atom is -0.394 e. The van der Waals surface area contributed by atoms with E-state index in [4.69, 9.17) is 33.9 Å². The molecule has 19 nitrogen and oxygen atoms in total. The van der Waals surface area contributed by atoms with E-state index in [-0.39, 0.29) is 0 Å². The monoisotopic (exact) mass is 594 g/mol. The Morgan fingerprint density at radius 2 is 0.950 bits per heavy atom. The Morgan fingerprint density at radius 3 is 1.48 bits per heavy atom. The van der Waals surface area contributed by atoms with Gasteiger partial charge in [-0.2, -0.15) is 0 Å². The average molecular weight is 595 g/mol. The predicted octanol–water partition coefficient (Wildman–Crippen LogP) is -9.49. The molecule has 0 aromatic carbocycles. The lowest BCUT2D eigenvalue weighted by Gasteiger charge is -2.47. The average Bonchev–Trinajstić information content (AvgIpc) is 2.94. The zero-order chi connectivity index (χ0) is 30.0. The maximum absolute atomic E-state index is 10.6. The Hall–Kier alpha value is -0.760. The third-order valence-corrected chi connectivity index (χ3v) is 7.05. The molecule has 3 aliphatic heterocycles. The molecule has 3 rings (SSSR count). The summed E-state index contributed by atoms with van der Waals surface area (Å²) in [5, 5.41) is 140. The van der Waals surface area contributed by atoms with Crippen LogP contribution in [0.1, 0.15) is 0 Å². The summed E-state index contributed by atoms with van der Waals surface area (Å²) >= 11 is 0. The molecule has 0 amide bonds. The Kier molecular flexibility index (Phi) is 11.9. The molecule has 0 radical (unpaired) electrons. The maximum Gasteiger partial charge on any atom is 0.187 e. The first-order valence-electron chi connectivity index (χ1n) is 12.4. The summed E-state index contributed by atoms with van der Waals surface area (Å²) in [4.78, 5) is 0. The van der Waals surface area contributed by atoms with Gasteiger partial charge in [-0.05, 0) is 0 Å². The lowest BCUT2D eigenvalue weighted by molar-refractivity contribution is -0.366. The second-order valence-corrected chi connectivity index (χ2v) is 9.86. The maximum atomic E-state index is 10.6. The highest BCUT2D eigenvalue weighted by Crippen LogP contribution is 2.31. The molecule has 0 spiro atoms. The number of aliphatic hydroxyl groups excluding tert-OH is 14. The van der Waals surface area contributed by atoms with Crippen molar-refractivity contribution in [3.63, 3.8) is 0 Å². The van der Waals surface area contributed by atoms with E-state index in [1.54, 1.807) is 0 Å². The van der Waals surface area contributed by atoms with Crippen LogP contribution in [0.4, 0.5) is 0 Å². The van der Waals surface area contributed by atoms with Crippen LogP contribution in [0.2, 0.25) is 0 Å². The van der Waals surface area contributed by atoms with E-state index in [1.807, 2.05) is 0 Å². The predicted molar refractivity (Wildman–Crippen MR) is 119 cm³/mol. The van der Waals surface area contributed by atoms with Crippen molar-refractivity contribution in [2.75, 3.05) is 19.8 Å². The van der Waals surface area contributed by atoms with Crippen LogP contribution in [-0.2, 0) is 23.7 Å². The van der Waals surface area contributed by atoms with Crippen LogP contribution in [0.5, 0.6) is 0 Å². The number of ether oxygens (including phenoxy) is 5. The molecule has 3 fully saturated rings. The third kappa shape index (κ3) is 6.89.